The van der Waals surface area contributed by atoms with Gasteiger partial charge in [0.2, 0.25) is 12.2 Å². The van der Waals surface area contributed by atoms with Crippen molar-refractivity contribution < 1.29 is 44.2 Å². The van der Waals surface area contributed by atoms with Gasteiger partial charge < -0.3 is 40.4 Å². The van der Waals surface area contributed by atoms with Crippen LogP contribution in [0.3, 0.4) is 0 Å². The van der Waals surface area contributed by atoms with Gasteiger partial charge in [-0.1, -0.05) is 0 Å². The number of nitrogens with zero attached hydrogens (tertiary/aromatic N) is 3. The zero-order valence-corrected chi connectivity index (χ0v) is 14.5. The molecule has 0 aromatic carbocycles. The maximum absolute atomic E-state index is 11.9. The summed E-state index contributed by atoms with van der Waals surface area (Å²) in [5, 5.41) is 38.0. The number of nitrogen functional groups attached to an aromatic ring is 1. The van der Waals surface area contributed by atoms with Crippen LogP contribution < -0.4 is 11.3 Å². The fraction of sp³-hybridized carbons (Fsp3) is 0.500. The minimum atomic E-state index is -1.91. The second-order valence-electron chi connectivity index (χ2n) is 6.04. The number of imidazole rings is 1. The first-order valence-electron chi connectivity index (χ1n) is 8.09. The highest BCUT2D eigenvalue weighted by Gasteiger charge is 2.48. The number of carbonyl (C=O) groups is 2. The van der Waals surface area contributed by atoms with Gasteiger partial charge in [-0.05, 0) is 0 Å². The molecule has 1 fully saturated rings. The van der Waals surface area contributed by atoms with E-state index in [0.717, 1.165) is 0 Å². The molecule has 15 heteroatoms. The van der Waals surface area contributed by atoms with Crippen LogP contribution in [0.2, 0.25) is 0 Å². The quantitative estimate of drug-likeness (QED) is 0.248. The second-order valence-corrected chi connectivity index (χ2v) is 6.04. The van der Waals surface area contributed by atoms with E-state index in [-0.39, 0.29) is 23.8 Å². The van der Waals surface area contributed by atoms with Crippen LogP contribution in [0.4, 0.5) is 5.95 Å². The summed E-state index contributed by atoms with van der Waals surface area (Å²) < 4.78 is 16.0. The Kier molecular flexibility index (Phi) is 5.76. The second kappa shape index (κ2) is 8.10. The fourth-order valence-electron chi connectivity index (χ4n) is 2.61. The molecule has 1 saturated heterocycles. The molecular weight excluding hydrogens is 398 g/mol. The van der Waals surface area contributed by atoms with Crippen molar-refractivity contribution in [1.82, 2.24) is 19.5 Å². The smallest absolute Gasteiger partial charge is 0.335 e. The van der Waals surface area contributed by atoms with Crippen LogP contribution in [0, 0.1) is 0 Å². The summed E-state index contributed by atoms with van der Waals surface area (Å²) in [6, 6.07) is 0. The number of aromatic amines is 1. The third kappa shape index (κ3) is 4.17. The summed E-state index contributed by atoms with van der Waals surface area (Å²) in [5.74, 6) is -2.81. The highest BCUT2D eigenvalue weighted by atomic mass is 16.7. The maximum atomic E-state index is 11.9. The summed E-state index contributed by atoms with van der Waals surface area (Å²) in [5.41, 5.74) is 5.04. The monoisotopic (exact) mass is 415 g/mol. The Morgan fingerprint density at radius 2 is 2.00 bits per heavy atom. The number of nitrogens with one attached hydrogen (secondary N) is 1. The van der Waals surface area contributed by atoms with E-state index in [1.807, 2.05) is 0 Å². The normalized spacial score (nSPS) is 27.1. The van der Waals surface area contributed by atoms with E-state index in [0.29, 0.717) is 0 Å². The lowest BCUT2D eigenvalue weighted by Gasteiger charge is -2.37. The van der Waals surface area contributed by atoms with Crippen molar-refractivity contribution in [1.29, 1.82) is 0 Å². The van der Waals surface area contributed by atoms with Crippen LogP contribution in [-0.2, 0) is 30.5 Å². The summed E-state index contributed by atoms with van der Waals surface area (Å²) in [6.45, 7) is -0.935. The summed E-state index contributed by atoms with van der Waals surface area (Å²) in [7, 11) is 0. The van der Waals surface area contributed by atoms with Crippen LogP contribution in [0.5, 0.6) is 0 Å². The van der Waals surface area contributed by atoms with Crippen LogP contribution in [0.25, 0.3) is 11.2 Å². The lowest BCUT2D eigenvalue weighted by Crippen LogP contribution is -2.60. The number of anilines is 1. The number of aliphatic hydroxyl groups is 3. The van der Waals surface area contributed by atoms with E-state index in [1.54, 1.807) is 0 Å². The van der Waals surface area contributed by atoms with Gasteiger partial charge in [-0.2, -0.15) is 4.98 Å². The number of rotatable bonds is 6. The molecule has 29 heavy (non-hydrogen) atoms. The third-order valence-corrected chi connectivity index (χ3v) is 4.00. The Hall–Kier alpha value is -3.11. The molecule has 15 nitrogen and oxygen atoms in total. The minimum absolute atomic E-state index is 0.0105. The molecule has 1 aliphatic rings. The molecule has 0 saturated carbocycles. The van der Waals surface area contributed by atoms with Gasteiger partial charge in [-0.3, -0.25) is 14.3 Å². The summed E-state index contributed by atoms with van der Waals surface area (Å²) in [6.07, 6.45) is -8.19. The van der Waals surface area contributed by atoms with E-state index in [1.165, 1.54) is 10.9 Å². The molecule has 1 aliphatic heterocycles. The zero-order chi connectivity index (χ0) is 21.3. The van der Waals surface area contributed by atoms with Crippen molar-refractivity contribution in [3.05, 3.63) is 16.7 Å². The topological polar surface area (TPSA) is 232 Å². The highest BCUT2D eigenvalue weighted by Crippen LogP contribution is 2.22. The summed E-state index contributed by atoms with van der Waals surface area (Å²) in [4.78, 5) is 44.6. The van der Waals surface area contributed by atoms with E-state index in [9.17, 15) is 29.7 Å². The van der Waals surface area contributed by atoms with Crippen LogP contribution in [0.15, 0.2) is 11.1 Å². The van der Waals surface area contributed by atoms with E-state index >= 15 is 0 Å². The molecule has 0 spiro atoms. The van der Waals surface area contributed by atoms with Crippen molar-refractivity contribution in [2.45, 2.75) is 37.4 Å². The lowest BCUT2D eigenvalue weighted by atomic mass is 9.99. The largest absolute Gasteiger partial charge is 0.479 e. The maximum Gasteiger partial charge on any atom is 0.335 e. The van der Waals surface area contributed by atoms with Crippen molar-refractivity contribution in [2.24, 2.45) is 0 Å². The molecule has 0 amide bonds. The van der Waals surface area contributed by atoms with Gasteiger partial charge in [-0.25, -0.2) is 14.6 Å². The fourth-order valence-corrected chi connectivity index (χ4v) is 2.61. The first-order valence-corrected chi connectivity index (χ1v) is 8.09. The number of H-pyrrole nitrogens is 1. The number of esters is 1. The molecule has 0 radical (unpaired) electrons. The summed E-state index contributed by atoms with van der Waals surface area (Å²) >= 11 is 0. The predicted octanol–water partition coefficient (Wildman–Crippen LogP) is -3.89. The number of carbonyl (C=O) groups excluding carboxylic acids is 1. The van der Waals surface area contributed by atoms with Gasteiger partial charge in [0.05, 0.1) is 6.33 Å². The van der Waals surface area contributed by atoms with Crippen molar-refractivity contribution in [2.75, 3.05) is 12.3 Å². The van der Waals surface area contributed by atoms with Gasteiger partial charge in [0, 0.05) is 0 Å². The molecule has 158 valence electrons. The molecule has 3 rings (SSSR count). The number of hydrogen-bond donors (Lipinski definition) is 6. The van der Waals surface area contributed by atoms with Crippen LogP contribution in [0.1, 0.15) is 0 Å². The van der Waals surface area contributed by atoms with Gasteiger partial charge >= 0.3 is 11.9 Å². The van der Waals surface area contributed by atoms with Gasteiger partial charge in [-0.15, -0.1) is 0 Å². The predicted molar refractivity (Wildman–Crippen MR) is 88.9 cm³/mol. The Labute approximate surface area is 160 Å². The van der Waals surface area contributed by atoms with E-state index in [2.05, 4.69) is 15.0 Å². The molecule has 7 N–H and O–H groups in total. The third-order valence-electron chi connectivity index (χ3n) is 4.00. The van der Waals surface area contributed by atoms with Gasteiger partial charge in [0.1, 0.15) is 31.6 Å². The average molecular weight is 415 g/mol. The zero-order valence-electron chi connectivity index (χ0n) is 14.5. The lowest BCUT2D eigenvalue weighted by molar-refractivity contribution is -0.287. The standard InChI is InChI=1S/C14H17N5O10/c15-14-17-10-5(11(24)18-14)16-2-19(10)3-27-1-4(20)28-13-8(23)6(21)7(22)9(29-13)12(25)26/h2,6-9,13,21-23H,1,3H2,(H,25,26)(H3,15,17,18,24). The first-order chi connectivity index (χ1) is 13.7. The highest BCUT2D eigenvalue weighted by molar-refractivity contribution is 5.74. The van der Waals surface area contributed by atoms with Crippen molar-refractivity contribution in [3.63, 3.8) is 0 Å². The number of nitrogens with two attached hydrogens (primary N) is 1. The Morgan fingerprint density at radius 3 is 2.69 bits per heavy atom. The molecule has 0 bridgehead atoms. The number of aliphatic carboxylic acids is 1. The number of fused-ring (bicyclic) bond motifs is 1. The number of aliphatic hydroxyl groups excluding tert-OH is 3. The van der Waals surface area contributed by atoms with Crippen molar-refractivity contribution >= 4 is 29.1 Å². The molecule has 5 atom stereocenters. The molecule has 3 heterocycles. The number of carboxylic acid groups (broad SMARTS) is 1. The average Bonchev–Trinajstić information content (AvgIpc) is 3.05. The van der Waals surface area contributed by atoms with E-state index in [4.69, 9.17) is 25.1 Å². The molecule has 2 aromatic heterocycles. The first kappa shape index (κ1) is 20.6. The Balaban J connectivity index is 1.58. The van der Waals surface area contributed by atoms with Gasteiger partial charge in [0.15, 0.2) is 17.3 Å². The Morgan fingerprint density at radius 1 is 1.28 bits per heavy atom. The molecule has 2 aromatic rings. The van der Waals surface area contributed by atoms with Crippen LogP contribution in [-0.4, -0.2) is 89.2 Å². The van der Waals surface area contributed by atoms with E-state index < -0.39 is 54.8 Å². The molecule has 5 unspecified atom stereocenters. The molecule has 0 aliphatic carbocycles. The van der Waals surface area contributed by atoms with Crippen LogP contribution >= 0.6 is 0 Å². The minimum Gasteiger partial charge on any atom is -0.479 e. The Bertz CT molecular complexity index is 973. The number of hydrogen-bond acceptors (Lipinski definition) is 12. The van der Waals surface area contributed by atoms with Gasteiger partial charge in [0.25, 0.3) is 5.56 Å². The SMILES string of the molecule is Nc1nc2c(ncn2COCC(=O)OC2OC(C(=O)O)C(O)C(O)C2O)c(=O)[nH]1. The number of ether oxygens (including phenoxy) is 3. The number of carboxylic acids is 1. The number of aromatic nitrogens is 4. The van der Waals surface area contributed by atoms with Crippen molar-refractivity contribution in [3.8, 4) is 0 Å². The molecular formula is C14H17N5O10.